The number of alkyl halides is 2. The van der Waals surface area contributed by atoms with Crippen molar-refractivity contribution in [2.75, 3.05) is 12.4 Å². The van der Waals surface area contributed by atoms with Crippen molar-refractivity contribution in [1.82, 2.24) is 15.2 Å². The lowest BCUT2D eigenvalue weighted by atomic mass is 10.1. The van der Waals surface area contributed by atoms with Gasteiger partial charge in [-0.2, -0.15) is 5.10 Å². The van der Waals surface area contributed by atoms with Gasteiger partial charge < -0.3 is 10.1 Å². The van der Waals surface area contributed by atoms with Crippen LogP contribution in [0.3, 0.4) is 0 Å². The van der Waals surface area contributed by atoms with Crippen molar-refractivity contribution >= 4 is 28.5 Å². The quantitative estimate of drug-likeness (QED) is 0.708. The summed E-state index contributed by atoms with van der Waals surface area (Å²) in [6.45, 7) is 0. The zero-order valence-corrected chi connectivity index (χ0v) is 12.9. The van der Waals surface area contributed by atoms with Gasteiger partial charge in [0.1, 0.15) is 11.4 Å². The van der Waals surface area contributed by atoms with Crippen molar-refractivity contribution in [3.63, 3.8) is 0 Å². The maximum absolute atomic E-state index is 12.7. The van der Waals surface area contributed by atoms with Crippen LogP contribution in [0.1, 0.15) is 33.0 Å². The minimum atomic E-state index is -2.79. The van der Waals surface area contributed by atoms with E-state index in [9.17, 15) is 18.4 Å². The number of carbonyl (C=O) groups is 2. The zero-order valence-electron chi connectivity index (χ0n) is 12.9. The number of methoxy groups -OCH3 is 1. The first kappa shape index (κ1) is 16.5. The van der Waals surface area contributed by atoms with Crippen LogP contribution in [0.15, 0.2) is 36.5 Å². The van der Waals surface area contributed by atoms with Crippen molar-refractivity contribution in [3.8, 4) is 0 Å². The highest BCUT2D eigenvalue weighted by molar-refractivity contribution is 6.09. The van der Waals surface area contributed by atoms with E-state index in [1.54, 1.807) is 0 Å². The van der Waals surface area contributed by atoms with Crippen molar-refractivity contribution in [1.29, 1.82) is 0 Å². The number of halogens is 2. The van der Waals surface area contributed by atoms with E-state index in [0.717, 1.165) is 6.07 Å². The smallest absolute Gasteiger partial charge is 0.340 e. The topological polar surface area (TPSA) is 97.0 Å². The van der Waals surface area contributed by atoms with E-state index in [-0.39, 0.29) is 16.9 Å². The zero-order chi connectivity index (χ0) is 18.0. The summed E-state index contributed by atoms with van der Waals surface area (Å²) >= 11 is 0. The molecule has 0 unspecified atom stereocenters. The first-order chi connectivity index (χ1) is 12.0. The van der Waals surface area contributed by atoms with E-state index in [4.69, 9.17) is 4.74 Å². The Morgan fingerprint density at radius 3 is 2.80 bits per heavy atom. The van der Waals surface area contributed by atoms with Crippen LogP contribution < -0.4 is 5.32 Å². The molecule has 3 aromatic rings. The largest absolute Gasteiger partial charge is 0.465 e. The van der Waals surface area contributed by atoms with E-state index in [2.05, 4.69) is 20.5 Å². The van der Waals surface area contributed by atoms with Gasteiger partial charge in [0.25, 0.3) is 12.3 Å². The Bertz CT molecular complexity index is 955. The molecular formula is C16H12F2N4O3. The minimum absolute atomic E-state index is 0.0950. The molecule has 0 saturated carbocycles. The normalized spacial score (nSPS) is 10.9. The van der Waals surface area contributed by atoms with E-state index in [1.165, 1.54) is 37.6 Å². The third-order valence-corrected chi connectivity index (χ3v) is 3.46. The van der Waals surface area contributed by atoms with Gasteiger partial charge in [-0.1, -0.05) is 6.07 Å². The Morgan fingerprint density at radius 2 is 2.08 bits per heavy atom. The molecule has 2 heterocycles. The summed E-state index contributed by atoms with van der Waals surface area (Å²) in [5.74, 6) is -1.39. The number of hydrogen-bond donors (Lipinski definition) is 2. The molecule has 2 aromatic heterocycles. The second kappa shape index (κ2) is 6.63. The molecule has 0 radical (unpaired) electrons. The molecule has 1 aromatic carbocycles. The van der Waals surface area contributed by atoms with Crippen molar-refractivity contribution in [3.05, 3.63) is 53.5 Å². The van der Waals surface area contributed by atoms with E-state index >= 15 is 0 Å². The monoisotopic (exact) mass is 346 g/mol. The van der Waals surface area contributed by atoms with Crippen LogP contribution >= 0.6 is 0 Å². The number of nitrogens with zero attached hydrogens (tertiary/aromatic N) is 2. The Hall–Kier alpha value is -3.36. The average Bonchev–Trinajstić information content (AvgIpc) is 3.07. The number of nitrogens with one attached hydrogen (secondary N) is 2. The summed E-state index contributed by atoms with van der Waals surface area (Å²) in [5.41, 5.74) is 0.135. The number of benzene rings is 1. The Kier molecular flexibility index (Phi) is 4.38. The van der Waals surface area contributed by atoms with Gasteiger partial charge in [-0.05, 0) is 24.3 Å². The molecule has 2 N–H and O–H groups in total. The number of anilines is 1. The van der Waals surface area contributed by atoms with Gasteiger partial charge in [0.15, 0.2) is 0 Å². The fraction of sp³-hybridized carbons (Fsp3) is 0.125. The summed E-state index contributed by atoms with van der Waals surface area (Å²) < 4.78 is 30.2. The second-order valence-corrected chi connectivity index (χ2v) is 5.05. The molecule has 25 heavy (non-hydrogen) atoms. The van der Waals surface area contributed by atoms with E-state index in [1.807, 2.05) is 0 Å². The summed E-state index contributed by atoms with van der Waals surface area (Å²) in [7, 11) is 1.21. The number of aromatic amines is 1. The number of amides is 1. The Balaban J connectivity index is 1.97. The van der Waals surface area contributed by atoms with Crippen molar-refractivity contribution in [2.24, 2.45) is 0 Å². The van der Waals surface area contributed by atoms with Gasteiger partial charge in [0.2, 0.25) is 0 Å². The summed E-state index contributed by atoms with van der Waals surface area (Å²) in [6.07, 6.45) is -1.28. The summed E-state index contributed by atoms with van der Waals surface area (Å²) in [4.78, 5) is 27.9. The van der Waals surface area contributed by atoms with Crippen molar-refractivity contribution < 1.29 is 23.1 Å². The van der Waals surface area contributed by atoms with Gasteiger partial charge in [-0.25, -0.2) is 18.6 Å². The van der Waals surface area contributed by atoms with Crippen LogP contribution in [0, 0.1) is 0 Å². The molecule has 0 aliphatic heterocycles. The van der Waals surface area contributed by atoms with Crippen LogP contribution in [0.5, 0.6) is 0 Å². The van der Waals surface area contributed by atoms with Crippen LogP contribution in [-0.4, -0.2) is 34.2 Å². The van der Waals surface area contributed by atoms with E-state index < -0.39 is 24.0 Å². The predicted molar refractivity (Wildman–Crippen MR) is 84.6 cm³/mol. The maximum Gasteiger partial charge on any atom is 0.340 e. The summed E-state index contributed by atoms with van der Waals surface area (Å²) in [6, 6.07) is 6.74. The molecule has 0 bridgehead atoms. The second-order valence-electron chi connectivity index (χ2n) is 5.05. The summed E-state index contributed by atoms with van der Waals surface area (Å²) in [5, 5.41) is 9.71. The lowest BCUT2D eigenvalue weighted by Crippen LogP contribution is -2.17. The van der Waals surface area contributed by atoms with Gasteiger partial charge in [-0.3, -0.25) is 9.89 Å². The number of carbonyl (C=O) groups excluding carboxylic acids is 2. The number of H-pyrrole nitrogens is 1. The highest BCUT2D eigenvalue weighted by atomic mass is 19.3. The molecule has 0 spiro atoms. The standard InChI is InChI=1S/C16H12F2N4O3/c1-25-16(24)9-6-12-8(7-19-22-12)5-13(9)21-15(23)11-4-2-3-10(20-11)14(17)18/h2-7,14H,1H3,(H,19,22)(H,21,23). The van der Waals surface area contributed by atoms with E-state index in [0.29, 0.717) is 10.9 Å². The molecule has 0 atom stereocenters. The molecule has 9 heteroatoms. The number of hydrogen-bond acceptors (Lipinski definition) is 5. The third kappa shape index (κ3) is 3.30. The Morgan fingerprint density at radius 1 is 1.28 bits per heavy atom. The Labute approximate surface area is 140 Å². The maximum atomic E-state index is 12.7. The molecule has 0 fully saturated rings. The number of pyridine rings is 1. The highest BCUT2D eigenvalue weighted by Gasteiger charge is 2.18. The minimum Gasteiger partial charge on any atom is -0.465 e. The van der Waals surface area contributed by atoms with Gasteiger partial charge in [-0.15, -0.1) is 0 Å². The van der Waals surface area contributed by atoms with Crippen LogP contribution in [0.4, 0.5) is 14.5 Å². The molecule has 1 amide bonds. The lowest BCUT2D eigenvalue weighted by Gasteiger charge is -2.10. The van der Waals surface area contributed by atoms with Crippen LogP contribution in [0.2, 0.25) is 0 Å². The predicted octanol–water partition coefficient (Wildman–Crippen LogP) is 2.93. The third-order valence-electron chi connectivity index (χ3n) is 3.46. The fourth-order valence-corrected chi connectivity index (χ4v) is 2.26. The lowest BCUT2D eigenvalue weighted by molar-refractivity contribution is 0.0602. The van der Waals surface area contributed by atoms with Gasteiger partial charge in [0, 0.05) is 5.39 Å². The number of esters is 1. The van der Waals surface area contributed by atoms with Gasteiger partial charge >= 0.3 is 5.97 Å². The van der Waals surface area contributed by atoms with Gasteiger partial charge in [0.05, 0.1) is 30.1 Å². The molecular weight excluding hydrogens is 334 g/mol. The van der Waals surface area contributed by atoms with Crippen molar-refractivity contribution in [2.45, 2.75) is 6.43 Å². The molecule has 128 valence electrons. The number of fused-ring (bicyclic) bond motifs is 1. The average molecular weight is 346 g/mol. The first-order valence-electron chi connectivity index (χ1n) is 7.11. The highest BCUT2D eigenvalue weighted by Crippen LogP contribution is 2.24. The molecule has 0 aliphatic carbocycles. The number of ether oxygens (including phenoxy) is 1. The SMILES string of the molecule is COC(=O)c1cc2[nH]ncc2cc1NC(=O)c1cccc(C(F)F)n1. The molecule has 7 nitrogen and oxygen atoms in total. The number of aromatic nitrogens is 3. The first-order valence-corrected chi connectivity index (χ1v) is 7.11. The van der Waals surface area contributed by atoms with Crippen LogP contribution in [0.25, 0.3) is 10.9 Å². The molecule has 0 aliphatic rings. The fourth-order valence-electron chi connectivity index (χ4n) is 2.26. The molecule has 0 saturated heterocycles. The number of rotatable bonds is 4. The molecule has 3 rings (SSSR count). The van der Waals surface area contributed by atoms with Crippen LogP contribution in [-0.2, 0) is 4.74 Å².